The van der Waals surface area contributed by atoms with Gasteiger partial charge in [0.15, 0.2) is 0 Å². The predicted molar refractivity (Wildman–Crippen MR) is 86.1 cm³/mol. The summed E-state index contributed by atoms with van der Waals surface area (Å²) in [4.78, 5) is 17.0. The van der Waals surface area contributed by atoms with E-state index >= 15 is 0 Å². The van der Waals surface area contributed by atoms with E-state index in [0.717, 1.165) is 47.9 Å². The Kier molecular flexibility index (Phi) is 4.24. The van der Waals surface area contributed by atoms with Gasteiger partial charge in [0.05, 0.1) is 11.4 Å². The van der Waals surface area contributed by atoms with E-state index in [1.165, 1.54) is 0 Å². The zero-order valence-corrected chi connectivity index (χ0v) is 14.2. The first kappa shape index (κ1) is 15.8. The molecular formula is C17H24N4O2. The van der Waals surface area contributed by atoms with Crippen LogP contribution in [-0.2, 0) is 24.2 Å². The highest BCUT2D eigenvalue weighted by Gasteiger charge is 2.24. The molecule has 0 fully saturated rings. The molecule has 1 aliphatic rings. The van der Waals surface area contributed by atoms with Crippen molar-refractivity contribution in [2.75, 3.05) is 0 Å². The Balaban J connectivity index is 1.59. The number of carbonyl (C=O) groups is 1. The van der Waals surface area contributed by atoms with E-state index in [1.807, 2.05) is 27.7 Å². The number of nitrogens with one attached hydrogen (secondary N) is 1. The number of fused-ring (bicyclic) bond motifs is 1. The van der Waals surface area contributed by atoms with Crippen LogP contribution in [0.5, 0.6) is 0 Å². The van der Waals surface area contributed by atoms with Gasteiger partial charge in [0.2, 0.25) is 5.91 Å². The van der Waals surface area contributed by atoms with Gasteiger partial charge in [-0.1, -0.05) is 12.1 Å². The Morgan fingerprint density at radius 1 is 1.48 bits per heavy atom. The lowest BCUT2D eigenvalue weighted by Gasteiger charge is -2.26. The fourth-order valence-electron chi connectivity index (χ4n) is 3.24. The first-order valence-corrected chi connectivity index (χ1v) is 8.18. The van der Waals surface area contributed by atoms with Crippen LogP contribution in [0.2, 0.25) is 0 Å². The fraction of sp³-hybridized carbons (Fsp3) is 0.588. The highest BCUT2D eigenvalue weighted by Crippen LogP contribution is 2.19. The SMILES string of the molecule is Cc1cn2c(n1)CC[C@@H](NC(=O)[C@@H](C)Cc1c(C)noc1C)C2. The molecule has 2 aromatic heterocycles. The third kappa shape index (κ3) is 3.30. The third-order valence-corrected chi connectivity index (χ3v) is 4.60. The lowest BCUT2D eigenvalue weighted by Crippen LogP contribution is -2.43. The summed E-state index contributed by atoms with van der Waals surface area (Å²) in [6.45, 7) is 8.58. The third-order valence-electron chi connectivity index (χ3n) is 4.60. The molecule has 0 spiro atoms. The second kappa shape index (κ2) is 6.18. The van der Waals surface area contributed by atoms with E-state index in [1.54, 1.807) is 0 Å². The lowest BCUT2D eigenvalue weighted by atomic mass is 9.98. The van der Waals surface area contributed by atoms with Crippen molar-refractivity contribution in [3.8, 4) is 0 Å². The van der Waals surface area contributed by atoms with Gasteiger partial charge >= 0.3 is 0 Å². The number of rotatable bonds is 4. The highest BCUT2D eigenvalue weighted by molar-refractivity contribution is 5.79. The van der Waals surface area contributed by atoms with Crippen molar-refractivity contribution >= 4 is 5.91 Å². The van der Waals surface area contributed by atoms with Crippen LogP contribution in [0.1, 0.15) is 41.9 Å². The average Bonchev–Trinajstić information content (AvgIpc) is 3.02. The Bertz CT molecular complexity index is 697. The number of hydrogen-bond donors (Lipinski definition) is 1. The molecule has 6 nitrogen and oxygen atoms in total. The number of amides is 1. The minimum atomic E-state index is -0.0993. The van der Waals surface area contributed by atoms with Crippen LogP contribution in [0.15, 0.2) is 10.7 Å². The topological polar surface area (TPSA) is 73.0 Å². The van der Waals surface area contributed by atoms with Crippen LogP contribution in [0, 0.1) is 26.7 Å². The Morgan fingerprint density at radius 3 is 2.96 bits per heavy atom. The van der Waals surface area contributed by atoms with Crippen LogP contribution >= 0.6 is 0 Å². The summed E-state index contributed by atoms with van der Waals surface area (Å²) >= 11 is 0. The van der Waals surface area contributed by atoms with Crippen LogP contribution in [0.25, 0.3) is 0 Å². The van der Waals surface area contributed by atoms with E-state index in [-0.39, 0.29) is 17.9 Å². The molecule has 1 amide bonds. The zero-order valence-electron chi connectivity index (χ0n) is 14.2. The Labute approximate surface area is 136 Å². The van der Waals surface area contributed by atoms with E-state index < -0.39 is 0 Å². The maximum Gasteiger partial charge on any atom is 0.223 e. The molecule has 3 rings (SSSR count). The summed E-state index contributed by atoms with van der Waals surface area (Å²) in [6, 6.07) is 0.177. The molecule has 0 bridgehead atoms. The Hall–Kier alpha value is -2.11. The van der Waals surface area contributed by atoms with Crippen molar-refractivity contribution in [1.82, 2.24) is 20.0 Å². The van der Waals surface area contributed by atoms with Crippen LogP contribution in [0.3, 0.4) is 0 Å². The maximum atomic E-state index is 12.5. The standard InChI is InChI=1S/C17H24N4O2/c1-10(7-15-12(3)20-23-13(15)4)17(22)19-14-5-6-16-18-11(2)8-21(16)9-14/h8,10,14H,5-7,9H2,1-4H3,(H,19,22)/t10-,14+/m0/s1. The molecule has 0 saturated heterocycles. The molecule has 124 valence electrons. The summed E-state index contributed by atoms with van der Waals surface area (Å²) < 4.78 is 7.33. The van der Waals surface area contributed by atoms with Gasteiger partial charge in [0.25, 0.3) is 0 Å². The molecule has 6 heteroatoms. The molecule has 23 heavy (non-hydrogen) atoms. The molecule has 0 saturated carbocycles. The molecule has 1 N–H and O–H groups in total. The van der Waals surface area contributed by atoms with E-state index in [2.05, 4.69) is 26.2 Å². The monoisotopic (exact) mass is 316 g/mol. The van der Waals surface area contributed by atoms with Gasteiger partial charge < -0.3 is 14.4 Å². The molecular weight excluding hydrogens is 292 g/mol. The predicted octanol–water partition coefficient (Wildman–Crippen LogP) is 2.11. The molecule has 0 aliphatic carbocycles. The number of imidazole rings is 1. The van der Waals surface area contributed by atoms with Gasteiger partial charge in [0.1, 0.15) is 11.6 Å². The molecule has 2 atom stereocenters. The van der Waals surface area contributed by atoms with Crippen molar-refractivity contribution in [3.63, 3.8) is 0 Å². The highest BCUT2D eigenvalue weighted by atomic mass is 16.5. The van der Waals surface area contributed by atoms with Crippen LogP contribution in [0.4, 0.5) is 0 Å². The van der Waals surface area contributed by atoms with Crippen LogP contribution in [-0.4, -0.2) is 26.7 Å². The largest absolute Gasteiger partial charge is 0.361 e. The van der Waals surface area contributed by atoms with Gasteiger partial charge in [-0.3, -0.25) is 4.79 Å². The van der Waals surface area contributed by atoms with Crippen molar-refractivity contribution in [3.05, 3.63) is 34.7 Å². The number of aryl methyl sites for hydroxylation is 4. The number of aromatic nitrogens is 3. The summed E-state index contributed by atoms with van der Waals surface area (Å²) in [5.74, 6) is 1.92. The van der Waals surface area contributed by atoms with E-state index in [0.29, 0.717) is 6.42 Å². The van der Waals surface area contributed by atoms with E-state index in [9.17, 15) is 4.79 Å². The van der Waals surface area contributed by atoms with E-state index in [4.69, 9.17) is 4.52 Å². The van der Waals surface area contributed by atoms with Gasteiger partial charge in [0, 0.05) is 36.7 Å². The molecule has 0 unspecified atom stereocenters. The van der Waals surface area contributed by atoms with Crippen molar-refractivity contribution in [2.45, 2.75) is 59.5 Å². The quantitative estimate of drug-likeness (QED) is 0.937. The summed E-state index contributed by atoms with van der Waals surface area (Å²) in [6.07, 6.45) is 4.58. The average molecular weight is 316 g/mol. The molecule has 2 aromatic rings. The Morgan fingerprint density at radius 2 is 2.26 bits per heavy atom. The van der Waals surface area contributed by atoms with Crippen molar-refractivity contribution in [2.24, 2.45) is 5.92 Å². The summed E-state index contributed by atoms with van der Waals surface area (Å²) in [5.41, 5.74) is 2.96. The lowest BCUT2D eigenvalue weighted by molar-refractivity contribution is -0.125. The minimum Gasteiger partial charge on any atom is -0.361 e. The number of carbonyl (C=O) groups excluding carboxylic acids is 1. The zero-order chi connectivity index (χ0) is 16.6. The number of nitrogens with zero attached hydrogens (tertiary/aromatic N) is 3. The maximum absolute atomic E-state index is 12.5. The first-order valence-electron chi connectivity index (χ1n) is 8.18. The second-order valence-electron chi connectivity index (χ2n) is 6.60. The van der Waals surface area contributed by atoms with Gasteiger partial charge in [-0.25, -0.2) is 4.98 Å². The number of hydrogen-bond acceptors (Lipinski definition) is 4. The normalized spacial score (nSPS) is 18.5. The van der Waals surface area contributed by atoms with Crippen molar-refractivity contribution < 1.29 is 9.32 Å². The van der Waals surface area contributed by atoms with Crippen LogP contribution < -0.4 is 5.32 Å². The smallest absolute Gasteiger partial charge is 0.223 e. The van der Waals surface area contributed by atoms with Gasteiger partial charge in [-0.05, 0) is 33.6 Å². The molecule has 0 aromatic carbocycles. The first-order chi connectivity index (χ1) is 10.9. The summed E-state index contributed by atoms with van der Waals surface area (Å²) in [5, 5.41) is 7.14. The summed E-state index contributed by atoms with van der Waals surface area (Å²) in [7, 11) is 0. The van der Waals surface area contributed by atoms with Gasteiger partial charge in [-0.2, -0.15) is 0 Å². The molecule has 3 heterocycles. The molecule has 1 aliphatic heterocycles. The second-order valence-corrected chi connectivity index (χ2v) is 6.60. The minimum absolute atomic E-state index is 0.0929. The van der Waals surface area contributed by atoms with Gasteiger partial charge in [-0.15, -0.1) is 0 Å². The fourth-order valence-corrected chi connectivity index (χ4v) is 3.24. The molecule has 0 radical (unpaired) electrons. The van der Waals surface area contributed by atoms with Crippen molar-refractivity contribution in [1.29, 1.82) is 0 Å².